The Kier molecular flexibility index (Phi) is 6.39. The molecule has 2 heterocycles. The predicted molar refractivity (Wildman–Crippen MR) is 107 cm³/mol. The van der Waals surface area contributed by atoms with Gasteiger partial charge in [-0.2, -0.15) is 0 Å². The van der Waals surface area contributed by atoms with Crippen LogP contribution in [0.5, 0.6) is 0 Å². The first kappa shape index (κ1) is 20.4. The summed E-state index contributed by atoms with van der Waals surface area (Å²) in [6, 6.07) is 9.82. The minimum Gasteiger partial charge on any atom is -0.348 e. The monoisotopic (exact) mass is 405 g/mol. The number of carbonyl (C=O) groups excluding carboxylic acids is 2. The van der Waals surface area contributed by atoms with Crippen LogP contribution in [0.25, 0.3) is 0 Å². The molecular formula is C21H25ClFN3O2. The summed E-state index contributed by atoms with van der Waals surface area (Å²) in [5.41, 5.74) is 1.65. The fourth-order valence-corrected chi connectivity index (χ4v) is 3.86. The van der Waals surface area contributed by atoms with E-state index in [1.807, 2.05) is 31.3 Å². The number of benzene rings is 1. The zero-order chi connectivity index (χ0) is 20.3. The maximum Gasteiger partial charge on any atom is 0.243 e. The molecule has 2 atom stereocenters. The van der Waals surface area contributed by atoms with Gasteiger partial charge in [0.05, 0.1) is 12.6 Å². The van der Waals surface area contributed by atoms with Crippen LogP contribution < -0.4 is 0 Å². The third-order valence-corrected chi connectivity index (χ3v) is 5.18. The van der Waals surface area contributed by atoms with Gasteiger partial charge in [-0.25, -0.2) is 4.39 Å². The van der Waals surface area contributed by atoms with Crippen LogP contribution in [-0.2, 0) is 16.1 Å². The SMILES string of the molecule is CCCN(CC(=O)N1CCn2cccc2C1c1cccc(F)c1)C(=O)C(C)Cl. The maximum absolute atomic E-state index is 13.9. The molecule has 0 radical (unpaired) electrons. The van der Waals surface area contributed by atoms with E-state index in [9.17, 15) is 14.0 Å². The van der Waals surface area contributed by atoms with E-state index in [0.29, 0.717) is 25.2 Å². The van der Waals surface area contributed by atoms with E-state index in [1.165, 1.54) is 17.0 Å². The number of alkyl halides is 1. The number of amides is 2. The van der Waals surface area contributed by atoms with Gasteiger partial charge in [0, 0.05) is 31.5 Å². The van der Waals surface area contributed by atoms with Crippen molar-refractivity contribution in [2.24, 2.45) is 0 Å². The molecule has 5 nitrogen and oxygen atoms in total. The number of carbonyl (C=O) groups is 2. The summed E-state index contributed by atoms with van der Waals surface area (Å²) in [6.07, 6.45) is 2.70. The molecule has 1 aliphatic rings. The van der Waals surface area contributed by atoms with Crippen molar-refractivity contribution in [1.29, 1.82) is 0 Å². The second-order valence-corrected chi connectivity index (χ2v) is 7.70. The first-order valence-corrected chi connectivity index (χ1v) is 9.98. The Balaban J connectivity index is 1.90. The average molecular weight is 406 g/mol. The van der Waals surface area contributed by atoms with Crippen LogP contribution in [0, 0.1) is 5.82 Å². The average Bonchev–Trinajstić information content (AvgIpc) is 3.14. The van der Waals surface area contributed by atoms with E-state index in [-0.39, 0.29) is 30.2 Å². The fourth-order valence-electron chi connectivity index (χ4n) is 3.72. The van der Waals surface area contributed by atoms with Crippen molar-refractivity contribution in [3.05, 3.63) is 59.7 Å². The summed E-state index contributed by atoms with van der Waals surface area (Å²) in [7, 11) is 0. The summed E-state index contributed by atoms with van der Waals surface area (Å²) >= 11 is 5.96. The normalized spacial score (nSPS) is 17.1. The number of aromatic nitrogens is 1. The molecule has 2 unspecified atom stereocenters. The molecule has 3 rings (SSSR count). The van der Waals surface area contributed by atoms with E-state index in [4.69, 9.17) is 11.6 Å². The smallest absolute Gasteiger partial charge is 0.243 e. The topological polar surface area (TPSA) is 45.6 Å². The van der Waals surface area contributed by atoms with Gasteiger partial charge in [-0.1, -0.05) is 19.1 Å². The summed E-state index contributed by atoms with van der Waals surface area (Å²) < 4.78 is 16.0. The Morgan fingerprint density at radius 3 is 2.75 bits per heavy atom. The van der Waals surface area contributed by atoms with Crippen LogP contribution in [0.4, 0.5) is 4.39 Å². The lowest BCUT2D eigenvalue weighted by Crippen LogP contribution is -2.49. The molecule has 2 amide bonds. The second kappa shape index (κ2) is 8.78. The van der Waals surface area contributed by atoms with E-state index < -0.39 is 5.38 Å². The van der Waals surface area contributed by atoms with Gasteiger partial charge in [0.25, 0.3) is 0 Å². The summed E-state index contributed by atoms with van der Waals surface area (Å²) in [6.45, 7) is 5.15. The van der Waals surface area contributed by atoms with Gasteiger partial charge >= 0.3 is 0 Å². The Bertz CT molecular complexity index is 852. The Morgan fingerprint density at radius 2 is 2.07 bits per heavy atom. The highest BCUT2D eigenvalue weighted by Crippen LogP contribution is 2.32. The molecule has 0 aliphatic carbocycles. The number of hydrogen-bond acceptors (Lipinski definition) is 2. The molecule has 1 aromatic heterocycles. The molecule has 28 heavy (non-hydrogen) atoms. The van der Waals surface area contributed by atoms with Crippen molar-refractivity contribution in [3.8, 4) is 0 Å². The molecule has 0 fully saturated rings. The van der Waals surface area contributed by atoms with E-state index in [1.54, 1.807) is 17.9 Å². The number of hydrogen-bond donors (Lipinski definition) is 0. The third kappa shape index (κ3) is 4.22. The maximum atomic E-state index is 13.9. The molecule has 0 saturated carbocycles. The molecule has 0 bridgehead atoms. The van der Waals surface area contributed by atoms with Crippen molar-refractivity contribution < 1.29 is 14.0 Å². The van der Waals surface area contributed by atoms with Gasteiger partial charge < -0.3 is 14.4 Å². The zero-order valence-electron chi connectivity index (χ0n) is 16.1. The molecule has 0 spiro atoms. The molecule has 0 saturated heterocycles. The molecule has 7 heteroatoms. The quantitative estimate of drug-likeness (QED) is 0.691. The van der Waals surface area contributed by atoms with Gasteiger partial charge in [0.2, 0.25) is 11.8 Å². The number of fused-ring (bicyclic) bond motifs is 1. The highest BCUT2D eigenvalue weighted by Gasteiger charge is 2.33. The van der Waals surface area contributed by atoms with E-state index in [2.05, 4.69) is 4.57 Å². The number of nitrogens with zero attached hydrogens (tertiary/aromatic N) is 3. The van der Waals surface area contributed by atoms with Crippen molar-refractivity contribution in [1.82, 2.24) is 14.4 Å². The van der Waals surface area contributed by atoms with Gasteiger partial charge in [-0.3, -0.25) is 9.59 Å². The first-order chi connectivity index (χ1) is 13.4. The van der Waals surface area contributed by atoms with Crippen LogP contribution in [0.3, 0.4) is 0 Å². The summed E-state index contributed by atoms with van der Waals surface area (Å²) in [4.78, 5) is 28.8. The second-order valence-electron chi connectivity index (χ2n) is 7.05. The van der Waals surface area contributed by atoms with E-state index >= 15 is 0 Å². The van der Waals surface area contributed by atoms with Crippen molar-refractivity contribution in [3.63, 3.8) is 0 Å². The van der Waals surface area contributed by atoms with Crippen molar-refractivity contribution >= 4 is 23.4 Å². The van der Waals surface area contributed by atoms with Crippen LogP contribution in [0.2, 0.25) is 0 Å². The minimum atomic E-state index is -0.683. The van der Waals surface area contributed by atoms with Crippen molar-refractivity contribution in [2.75, 3.05) is 19.6 Å². The third-order valence-electron chi connectivity index (χ3n) is 4.99. The molecular weight excluding hydrogens is 381 g/mol. The lowest BCUT2D eigenvalue weighted by Gasteiger charge is -2.38. The van der Waals surface area contributed by atoms with Crippen LogP contribution in [-0.4, -0.2) is 51.2 Å². The Labute approximate surface area is 169 Å². The van der Waals surface area contributed by atoms with Crippen LogP contribution >= 0.6 is 11.6 Å². The molecule has 0 N–H and O–H groups in total. The Hall–Kier alpha value is -2.34. The number of halogens is 2. The summed E-state index contributed by atoms with van der Waals surface area (Å²) in [5.74, 6) is -0.757. The highest BCUT2D eigenvalue weighted by atomic mass is 35.5. The summed E-state index contributed by atoms with van der Waals surface area (Å²) in [5, 5.41) is -0.683. The van der Waals surface area contributed by atoms with E-state index in [0.717, 1.165) is 12.1 Å². The predicted octanol–water partition coefficient (Wildman–Crippen LogP) is 3.42. The minimum absolute atomic E-state index is 0.0315. The van der Waals surface area contributed by atoms with Gasteiger partial charge in [-0.05, 0) is 43.2 Å². The highest BCUT2D eigenvalue weighted by molar-refractivity contribution is 6.30. The van der Waals surface area contributed by atoms with Crippen LogP contribution in [0.15, 0.2) is 42.6 Å². The lowest BCUT2D eigenvalue weighted by molar-refractivity contribution is -0.141. The molecule has 150 valence electrons. The first-order valence-electron chi connectivity index (χ1n) is 9.55. The van der Waals surface area contributed by atoms with Crippen molar-refractivity contribution in [2.45, 2.75) is 38.2 Å². The molecule has 2 aromatic rings. The van der Waals surface area contributed by atoms with Gasteiger partial charge in [-0.15, -0.1) is 11.6 Å². The zero-order valence-corrected chi connectivity index (χ0v) is 16.9. The fraction of sp³-hybridized carbons (Fsp3) is 0.429. The lowest BCUT2D eigenvalue weighted by atomic mass is 9.99. The largest absolute Gasteiger partial charge is 0.348 e. The van der Waals surface area contributed by atoms with Crippen LogP contribution in [0.1, 0.15) is 37.6 Å². The Morgan fingerprint density at radius 1 is 1.29 bits per heavy atom. The van der Waals surface area contributed by atoms with Gasteiger partial charge in [0.1, 0.15) is 11.2 Å². The molecule has 1 aromatic carbocycles. The molecule has 1 aliphatic heterocycles. The standard InChI is InChI=1S/C21H25ClFN3O2/c1-3-9-25(21(28)15(2)22)14-19(27)26-12-11-24-10-5-8-18(24)20(26)16-6-4-7-17(23)13-16/h4-8,10,13,15,20H,3,9,11-12,14H2,1-2H3. The van der Waals surface area contributed by atoms with Gasteiger partial charge in [0.15, 0.2) is 0 Å². The number of rotatable bonds is 6.